The molecule has 0 aromatic heterocycles. The minimum absolute atomic E-state index is 0.169. The van der Waals surface area contributed by atoms with Gasteiger partial charge in [-0.25, -0.2) is 0 Å². The van der Waals surface area contributed by atoms with Gasteiger partial charge in [-0.3, -0.25) is 0 Å². The molecule has 1 fully saturated rings. The third kappa shape index (κ3) is 3.96. The number of rotatable bonds is 3. The summed E-state index contributed by atoms with van der Waals surface area (Å²) in [5.74, 6) is 2.02. The molecule has 4 heteroatoms. The number of hydrogen-bond acceptors (Lipinski definition) is 4. The van der Waals surface area contributed by atoms with Gasteiger partial charge in [0, 0.05) is 47.1 Å². The van der Waals surface area contributed by atoms with E-state index in [1.807, 2.05) is 37.7 Å². The van der Waals surface area contributed by atoms with Crippen LogP contribution in [0.2, 0.25) is 0 Å². The van der Waals surface area contributed by atoms with E-state index in [0.717, 1.165) is 30.3 Å². The molecule has 2 rings (SSSR count). The van der Waals surface area contributed by atoms with E-state index in [4.69, 9.17) is 10.5 Å². The second-order valence-electron chi connectivity index (χ2n) is 5.96. The fourth-order valence-corrected chi connectivity index (χ4v) is 3.48. The lowest BCUT2D eigenvalue weighted by atomic mass is 10.1. The number of nitrogens with two attached hydrogens (primary N) is 1. The highest BCUT2D eigenvalue weighted by molar-refractivity contribution is 8.00. The Kier molecular flexibility index (Phi) is 4.19. The lowest BCUT2D eigenvalue weighted by molar-refractivity contribution is 0.242. The van der Waals surface area contributed by atoms with Crippen LogP contribution in [0.15, 0.2) is 18.2 Å². The molecule has 0 atom stereocenters. The highest BCUT2D eigenvalue weighted by Crippen LogP contribution is 2.34. The quantitative estimate of drug-likeness (QED) is 0.861. The summed E-state index contributed by atoms with van der Waals surface area (Å²) in [6, 6.07) is 6.04. The van der Waals surface area contributed by atoms with Crippen LogP contribution in [-0.4, -0.2) is 29.7 Å². The first-order chi connectivity index (χ1) is 8.85. The maximum absolute atomic E-state index is 6.00. The Bertz CT molecular complexity index is 446. The average molecular weight is 280 g/mol. The lowest BCUT2D eigenvalue weighted by Crippen LogP contribution is -2.43. The Labute approximate surface area is 120 Å². The van der Waals surface area contributed by atoms with Crippen molar-refractivity contribution in [1.82, 2.24) is 0 Å². The third-order valence-corrected chi connectivity index (χ3v) is 4.37. The van der Waals surface area contributed by atoms with E-state index in [0.29, 0.717) is 4.75 Å². The van der Waals surface area contributed by atoms with Crippen LogP contribution in [0.1, 0.15) is 27.7 Å². The van der Waals surface area contributed by atoms with Gasteiger partial charge in [0.1, 0.15) is 5.75 Å². The first-order valence-electron chi connectivity index (χ1n) is 6.82. The second kappa shape index (κ2) is 5.53. The van der Waals surface area contributed by atoms with Crippen LogP contribution in [0.3, 0.4) is 0 Å². The predicted octanol–water partition coefficient (Wildman–Crippen LogP) is 3.39. The Morgan fingerprint density at radius 3 is 2.68 bits per heavy atom. The van der Waals surface area contributed by atoms with Gasteiger partial charge in [0.25, 0.3) is 0 Å². The third-order valence-electron chi connectivity index (χ3n) is 3.08. The molecule has 0 amide bonds. The fourth-order valence-electron chi connectivity index (χ4n) is 2.37. The number of hydrogen-bond donors (Lipinski definition) is 1. The molecular formula is C15H24N2OS. The highest BCUT2D eigenvalue weighted by atomic mass is 32.2. The van der Waals surface area contributed by atoms with Gasteiger partial charge >= 0.3 is 0 Å². The summed E-state index contributed by atoms with van der Waals surface area (Å²) in [6.07, 6.45) is 0.169. The van der Waals surface area contributed by atoms with Crippen molar-refractivity contribution in [2.45, 2.75) is 38.5 Å². The largest absolute Gasteiger partial charge is 0.491 e. The smallest absolute Gasteiger partial charge is 0.123 e. The standard InChI is InChI=1S/C15H24N2OS/c1-11(2)18-14-8-12(16)7-13(9-14)17-5-6-19-15(3,4)10-17/h7-9,11H,5-6,10,16H2,1-4H3. The molecule has 1 aromatic rings. The number of nitrogens with zero attached hydrogens (tertiary/aromatic N) is 1. The number of ether oxygens (including phenoxy) is 1. The summed E-state index contributed by atoms with van der Waals surface area (Å²) >= 11 is 2.03. The molecule has 0 bridgehead atoms. The van der Waals surface area contributed by atoms with Gasteiger partial charge in [0.2, 0.25) is 0 Å². The molecule has 1 saturated heterocycles. The molecule has 2 N–H and O–H groups in total. The molecule has 0 unspecified atom stereocenters. The first kappa shape index (κ1) is 14.4. The molecule has 1 aromatic carbocycles. The Hall–Kier alpha value is -1.03. The minimum atomic E-state index is 0.169. The van der Waals surface area contributed by atoms with Gasteiger partial charge in [-0.05, 0) is 33.8 Å². The van der Waals surface area contributed by atoms with E-state index in [1.54, 1.807) is 0 Å². The Balaban J connectivity index is 2.21. The molecule has 1 heterocycles. The number of benzene rings is 1. The van der Waals surface area contributed by atoms with Crippen molar-refractivity contribution < 1.29 is 4.74 Å². The van der Waals surface area contributed by atoms with Crippen molar-refractivity contribution in [3.8, 4) is 5.75 Å². The molecule has 0 saturated carbocycles. The molecule has 106 valence electrons. The summed E-state index contributed by atoms with van der Waals surface area (Å²) in [7, 11) is 0. The Morgan fingerprint density at radius 1 is 1.32 bits per heavy atom. The van der Waals surface area contributed by atoms with Gasteiger partial charge in [0.15, 0.2) is 0 Å². The van der Waals surface area contributed by atoms with Crippen molar-refractivity contribution in [3.05, 3.63) is 18.2 Å². The molecule has 0 aliphatic carbocycles. The maximum Gasteiger partial charge on any atom is 0.123 e. The van der Waals surface area contributed by atoms with Crippen LogP contribution in [0, 0.1) is 0 Å². The van der Waals surface area contributed by atoms with Crippen LogP contribution in [-0.2, 0) is 0 Å². The van der Waals surface area contributed by atoms with Crippen molar-refractivity contribution in [2.24, 2.45) is 0 Å². The van der Waals surface area contributed by atoms with Crippen molar-refractivity contribution >= 4 is 23.1 Å². The fraction of sp³-hybridized carbons (Fsp3) is 0.600. The molecule has 19 heavy (non-hydrogen) atoms. The maximum atomic E-state index is 6.00. The van der Waals surface area contributed by atoms with E-state index in [2.05, 4.69) is 24.8 Å². The van der Waals surface area contributed by atoms with E-state index in [-0.39, 0.29) is 6.10 Å². The van der Waals surface area contributed by atoms with Gasteiger partial charge in [0.05, 0.1) is 6.10 Å². The highest BCUT2D eigenvalue weighted by Gasteiger charge is 2.27. The van der Waals surface area contributed by atoms with E-state index in [1.165, 1.54) is 5.69 Å². The van der Waals surface area contributed by atoms with E-state index >= 15 is 0 Å². The monoisotopic (exact) mass is 280 g/mol. The Morgan fingerprint density at radius 2 is 2.05 bits per heavy atom. The van der Waals surface area contributed by atoms with Crippen molar-refractivity contribution in [2.75, 3.05) is 29.5 Å². The van der Waals surface area contributed by atoms with Crippen LogP contribution >= 0.6 is 11.8 Å². The summed E-state index contributed by atoms with van der Waals surface area (Å²) in [5.41, 5.74) is 7.94. The summed E-state index contributed by atoms with van der Waals surface area (Å²) < 4.78 is 6.06. The zero-order valence-electron chi connectivity index (χ0n) is 12.3. The number of thioether (sulfide) groups is 1. The van der Waals surface area contributed by atoms with Crippen LogP contribution in [0.4, 0.5) is 11.4 Å². The predicted molar refractivity (Wildman–Crippen MR) is 85.4 cm³/mol. The number of nitrogen functional groups attached to an aromatic ring is 1. The molecule has 1 aliphatic heterocycles. The molecular weight excluding hydrogens is 256 g/mol. The zero-order chi connectivity index (χ0) is 14.0. The van der Waals surface area contributed by atoms with Gasteiger partial charge < -0.3 is 15.4 Å². The molecule has 1 aliphatic rings. The summed E-state index contributed by atoms with van der Waals surface area (Å²) in [6.45, 7) is 10.8. The van der Waals surface area contributed by atoms with Crippen LogP contribution < -0.4 is 15.4 Å². The topological polar surface area (TPSA) is 38.5 Å². The van der Waals surface area contributed by atoms with E-state index < -0.39 is 0 Å². The molecule has 0 radical (unpaired) electrons. The zero-order valence-corrected chi connectivity index (χ0v) is 13.1. The van der Waals surface area contributed by atoms with Crippen molar-refractivity contribution in [1.29, 1.82) is 0 Å². The van der Waals surface area contributed by atoms with Gasteiger partial charge in [-0.1, -0.05) is 0 Å². The SMILES string of the molecule is CC(C)Oc1cc(N)cc(N2CCSC(C)(C)C2)c1. The van der Waals surface area contributed by atoms with Crippen LogP contribution in [0.25, 0.3) is 0 Å². The van der Waals surface area contributed by atoms with E-state index in [9.17, 15) is 0 Å². The molecule has 0 spiro atoms. The second-order valence-corrected chi connectivity index (χ2v) is 7.76. The number of anilines is 2. The van der Waals surface area contributed by atoms with Crippen molar-refractivity contribution in [3.63, 3.8) is 0 Å². The first-order valence-corrected chi connectivity index (χ1v) is 7.80. The molecule has 3 nitrogen and oxygen atoms in total. The lowest BCUT2D eigenvalue weighted by Gasteiger charge is -2.39. The minimum Gasteiger partial charge on any atom is -0.491 e. The van der Waals surface area contributed by atoms with Gasteiger partial charge in [-0.2, -0.15) is 11.8 Å². The summed E-state index contributed by atoms with van der Waals surface area (Å²) in [4.78, 5) is 2.40. The summed E-state index contributed by atoms with van der Waals surface area (Å²) in [5, 5.41) is 0. The van der Waals surface area contributed by atoms with Gasteiger partial charge in [-0.15, -0.1) is 0 Å². The average Bonchev–Trinajstić information content (AvgIpc) is 2.25. The normalized spacial score (nSPS) is 18.7. The van der Waals surface area contributed by atoms with Crippen LogP contribution in [0.5, 0.6) is 5.75 Å².